The van der Waals surface area contributed by atoms with Gasteiger partial charge in [-0.2, -0.15) is 5.26 Å². The van der Waals surface area contributed by atoms with Crippen molar-refractivity contribution in [1.29, 1.82) is 5.26 Å². The molecule has 0 saturated heterocycles. The Morgan fingerprint density at radius 2 is 1.79 bits per heavy atom. The van der Waals surface area contributed by atoms with Crippen LogP contribution in [0, 0.1) is 36.9 Å². The molecule has 0 fully saturated rings. The summed E-state index contributed by atoms with van der Waals surface area (Å²) in [5.74, 6) is -3.51. The first kappa shape index (κ1) is 37.1. The molecule has 13 heteroatoms. The van der Waals surface area contributed by atoms with E-state index in [4.69, 9.17) is 4.52 Å². The van der Waals surface area contributed by atoms with Crippen molar-refractivity contribution < 1.29 is 33.2 Å². The highest BCUT2D eigenvalue weighted by Crippen LogP contribution is 2.20. The van der Waals surface area contributed by atoms with Crippen LogP contribution in [0.1, 0.15) is 60.6 Å². The van der Waals surface area contributed by atoms with E-state index in [0.717, 1.165) is 0 Å². The van der Waals surface area contributed by atoms with Crippen LogP contribution in [-0.2, 0) is 27.3 Å². The molecule has 1 aromatic heterocycles. The van der Waals surface area contributed by atoms with Crippen LogP contribution in [-0.4, -0.2) is 58.6 Å². The molecule has 0 spiro atoms. The molecule has 3 atom stereocenters. The number of anilines is 1. The SMILES string of the molecule is CCN(C(=O)C(C#N)=CC(C)C)c1cccc(CC(NC(=O)C(NC(=O)c2cc(C)no2)C(C)O)C(=O)NCc2ccc(C)cc2F)c1. The summed E-state index contributed by atoms with van der Waals surface area (Å²) in [7, 11) is 0. The van der Waals surface area contributed by atoms with Crippen LogP contribution in [0.2, 0.25) is 0 Å². The van der Waals surface area contributed by atoms with Crippen molar-refractivity contribution in [2.24, 2.45) is 5.92 Å². The van der Waals surface area contributed by atoms with Crippen molar-refractivity contribution in [2.75, 3.05) is 11.4 Å². The van der Waals surface area contributed by atoms with Crippen molar-refractivity contribution in [3.05, 3.63) is 94.1 Å². The highest BCUT2D eigenvalue weighted by molar-refractivity contribution is 6.08. The first-order valence-electron chi connectivity index (χ1n) is 15.5. The number of carbonyl (C=O) groups excluding carboxylic acids is 4. The molecule has 1 heterocycles. The molecular weight excluding hydrogens is 619 g/mol. The number of rotatable bonds is 14. The Labute approximate surface area is 279 Å². The van der Waals surface area contributed by atoms with Crippen molar-refractivity contribution in [2.45, 2.75) is 72.7 Å². The molecule has 3 unspecified atom stereocenters. The van der Waals surface area contributed by atoms with E-state index < -0.39 is 47.6 Å². The number of aliphatic hydroxyl groups is 1. The number of aromatic nitrogens is 1. The number of likely N-dealkylation sites (N-methyl/N-ethyl adjacent to an activating group) is 1. The van der Waals surface area contributed by atoms with E-state index in [-0.39, 0.29) is 42.3 Å². The monoisotopic (exact) mass is 660 g/mol. The van der Waals surface area contributed by atoms with Crippen LogP contribution < -0.4 is 20.9 Å². The molecule has 0 aliphatic heterocycles. The van der Waals surface area contributed by atoms with Crippen molar-refractivity contribution in [3.63, 3.8) is 0 Å². The van der Waals surface area contributed by atoms with Gasteiger partial charge in [0.2, 0.25) is 17.6 Å². The van der Waals surface area contributed by atoms with Gasteiger partial charge in [0.05, 0.1) is 11.8 Å². The smallest absolute Gasteiger partial charge is 0.290 e. The van der Waals surface area contributed by atoms with Gasteiger partial charge in [0.25, 0.3) is 11.8 Å². The van der Waals surface area contributed by atoms with Gasteiger partial charge in [-0.25, -0.2) is 4.39 Å². The molecule has 254 valence electrons. The lowest BCUT2D eigenvalue weighted by atomic mass is 10.0. The summed E-state index contributed by atoms with van der Waals surface area (Å²) < 4.78 is 19.5. The number of aryl methyl sites for hydroxylation is 2. The number of carbonyl (C=O) groups is 4. The van der Waals surface area contributed by atoms with Crippen LogP contribution in [0.3, 0.4) is 0 Å². The van der Waals surface area contributed by atoms with Gasteiger partial charge >= 0.3 is 0 Å². The Bertz CT molecular complexity index is 1710. The normalized spacial score (nSPS) is 13.2. The van der Waals surface area contributed by atoms with E-state index in [1.165, 1.54) is 24.0 Å². The van der Waals surface area contributed by atoms with Gasteiger partial charge in [-0.05, 0) is 62.9 Å². The lowest BCUT2D eigenvalue weighted by molar-refractivity contribution is -0.131. The average molecular weight is 661 g/mol. The number of halogens is 1. The molecule has 0 aliphatic carbocycles. The zero-order valence-corrected chi connectivity index (χ0v) is 27.8. The predicted octanol–water partition coefficient (Wildman–Crippen LogP) is 3.41. The molecule has 48 heavy (non-hydrogen) atoms. The molecule has 3 rings (SSSR count). The molecule has 0 bridgehead atoms. The third kappa shape index (κ3) is 10.1. The van der Waals surface area contributed by atoms with Crippen LogP contribution in [0.25, 0.3) is 0 Å². The van der Waals surface area contributed by atoms with E-state index in [0.29, 0.717) is 22.5 Å². The van der Waals surface area contributed by atoms with Crippen molar-refractivity contribution >= 4 is 29.3 Å². The van der Waals surface area contributed by atoms with Crippen molar-refractivity contribution in [1.82, 2.24) is 21.1 Å². The number of nitriles is 1. The van der Waals surface area contributed by atoms with E-state index >= 15 is 0 Å². The van der Waals surface area contributed by atoms with Crippen LogP contribution in [0.4, 0.5) is 10.1 Å². The number of allylic oxidation sites excluding steroid dienone is 1. The fourth-order valence-electron chi connectivity index (χ4n) is 4.83. The summed E-state index contributed by atoms with van der Waals surface area (Å²) in [5.41, 5.74) is 2.38. The number of aliphatic hydroxyl groups excluding tert-OH is 1. The Morgan fingerprint density at radius 3 is 2.38 bits per heavy atom. The Balaban J connectivity index is 1.90. The first-order valence-corrected chi connectivity index (χ1v) is 15.5. The topological polar surface area (TPSA) is 178 Å². The number of benzene rings is 2. The zero-order valence-electron chi connectivity index (χ0n) is 27.8. The predicted molar refractivity (Wildman–Crippen MR) is 176 cm³/mol. The van der Waals surface area contributed by atoms with Gasteiger partial charge in [0.1, 0.15) is 29.5 Å². The Kier molecular flexibility index (Phi) is 13.1. The lowest BCUT2D eigenvalue weighted by Crippen LogP contribution is -2.57. The number of hydrogen-bond donors (Lipinski definition) is 4. The van der Waals surface area contributed by atoms with Crippen LogP contribution in [0.15, 0.2) is 64.7 Å². The second-order valence-electron chi connectivity index (χ2n) is 11.8. The summed E-state index contributed by atoms with van der Waals surface area (Å²) in [5, 5.41) is 31.3. The highest BCUT2D eigenvalue weighted by atomic mass is 19.1. The van der Waals surface area contributed by atoms with Crippen molar-refractivity contribution in [3.8, 4) is 6.07 Å². The fraction of sp³-hybridized carbons (Fsp3) is 0.371. The van der Waals surface area contributed by atoms with Crippen LogP contribution in [0.5, 0.6) is 0 Å². The highest BCUT2D eigenvalue weighted by Gasteiger charge is 2.31. The molecule has 3 aromatic rings. The molecule has 0 saturated carbocycles. The van der Waals surface area contributed by atoms with Gasteiger partial charge in [0, 0.05) is 36.8 Å². The number of nitrogens with zero attached hydrogens (tertiary/aromatic N) is 3. The Hall–Kier alpha value is -5.35. The fourth-order valence-corrected chi connectivity index (χ4v) is 4.83. The zero-order chi connectivity index (χ0) is 35.5. The van der Waals surface area contributed by atoms with Gasteiger partial charge in [-0.3, -0.25) is 19.2 Å². The molecule has 0 radical (unpaired) electrons. The minimum Gasteiger partial charge on any atom is -0.391 e. The molecule has 12 nitrogen and oxygen atoms in total. The van der Waals surface area contributed by atoms with Gasteiger partial charge in [-0.15, -0.1) is 0 Å². The lowest BCUT2D eigenvalue weighted by Gasteiger charge is -2.25. The van der Waals surface area contributed by atoms with E-state index in [1.807, 2.05) is 19.9 Å². The van der Waals surface area contributed by atoms with Gasteiger partial charge < -0.3 is 30.5 Å². The molecule has 2 aromatic carbocycles. The summed E-state index contributed by atoms with van der Waals surface area (Å²) >= 11 is 0. The second kappa shape index (κ2) is 17.0. The average Bonchev–Trinajstić information content (AvgIpc) is 3.48. The number of hydrogen-bond acceptors (Lipinski definition) is 8. The molecule has 4 N–H and O–H groups in total. The van der Waals surface area contributed by atoms with Gasteiger partial charge in [0.15, 0.2) is 0 Å². The largest absolute Gasteiger partial charge is 0.391 e. The standard InChI is InChI=1S/C35H41FN6O6/c1-7-42(35(47)26(18-37)13-20(2)3)27-10-8-9-24(16-27)17-29(32(44)38-19-25-12-11-21(4)14-28(25)36)39-34(46)31(23(6)43)40-33(45)30-15-22(5)41-48-30/h8-16,20,23,29,31,43H,7,17,19H2,1-6H3,(H,38,44)(H,39,46)(H,40,45). The first-order chi connectivity index (χ1) is 22.7. The number of nitrogens with one attached hydrogen (secondary N) is 3. The molecular formula is C35H41FN6O6. The molecule has 0 aliphatic rings. The molecule has 4 amide bonds. The van der Waals surface area contributed by atoms with Crippen LogP contribution >= 0.6 is 0 Å². The maximum absolute atomic E-state index is 14.5. The third-order valence-corrected chi connectivity index (χ3v) is 7.27. The minimum atomic E-state index is -1.48. The number of amides is 4. The maximum Gasteiger partial charge on any atom is 0.290 e. The quantitative estimate of drug-likeness (QED) is 0.150. The summed E-state index contributed by atoms with van der Waals surface area (Å²) in [6.07, 6.45) is 0.133. The third-order valence-electron chi connectivity index (χ3n) is 7.27. The van der Waals surface area contributed by atoms with Gasteiger partial charge in [-0.1, -0.05) is 49.3 Å². The summed E-state index contributed by atoms with van der Waals surface area (Å²) in [6.45, 7) is 10.2. The van der Waals surface area contributed by atoms with E-state index in [1.54, 1.807) is 63.2 Å². The maximum atomic E-state index is 14.5. The minimum absolute atomic E-state index is 0.00295. The Morgan fingerprint density at radius 1 is 1.06 bits per heavy atom. The second-order valence-corrected chi connectivity index (χ2v) is 11.8. The summed E-state index contributed by atoms with van der Waals surface area (Å²) in [4.78, 5) is 54.4. The summed E-state index contributed by atoms with van der Waals surface area (Å²) in [6, 6.07) is 11.9. The van der Waals surface area contributed by atoms with E-state index in [2.05, 4.69) is 21.1 Å². The van der Waals surface area contributed by atoms with E-state index in [9.17, 15) is 33.9 Å².